The third kappa shape index (κ3) is 2.54. The van der Waals surface area contributed by atoms with Crippen molar-refractivity contribution in [1.82, 2.24) is 14.8 Å². The van der Waals surface area contributed by atoms with Crippen molar-refractivity contribution in [3.8, 4) is 0 Å². The van der Waals surface area contributed by atoms with Gasteiger partial charge in [0.25, 0.3) is 0 Å². The van der Waals surface area contributed by atoms with Gasteiger partial charge in [0.05, 0.1) is 11.3 Å². The predicted octanol–water partition coefficient (Wildman–Crippen LogP) is 3.12. The first-order chi connectivity index (χ1) is 10.1. The Bertz CT molecular complexity index is 822. The van der Waals surface area contributed by atoms with Crippen LogP contribution in [0.4, 0.5) is 5.13 Å². The number of nitrogens with two attached hydrogens (primary N) is 1. The van der Waals surface area contributed by atoms with Gasteiger partial charge in [-0.2, -0.15) is 0 Å². The van der Waals surface area contributed by atoms with Crippen LogP contribution in [0.3, 0.4) is 0 Å². The highest BCUT2D eigenvalue weighted by molar-refractivity contribution is 8.01. The van der Waals surface area contributed by atoms with Crippen LogP contribution in [0, 0.1) is 13.8 Å². The smallest absolute Gasteiger partial charge is 0.241 e. The number of carbonyl (C=O) groups is 1. The minimum absolute atomic E-state index is 0.0376. The number of nitrogens with zero attached hydrogens (tertiary/aromatic N) is 3. The summed E-state index contributed by atoms with van der Waals surface area (Å²) in [6, 6.07) is 7.95. The number of carbonyl (C=O) groups excluding carboxylic acids is 1. The van der Waals surface area contributed by atoms with Gasteiger partial charge in [-0.3, -0.25) is 9.36 Å². The zero-order valence-electron chi connectivity index (χ0n) is 11.7. The lowest BCUT2D eigenvalue weighted by Gasteiger charge is -2.05. The maximum absolute atomic E-state index is 12.5. The fourth-order valence-electron chi connectivity index (χ4n) is 2.32. The van der Waals surface area contributed by atoms with Crippen molar-refractivity contribution in [2.75, 3.05) is 11.5 Å². The Labute approximate surface area is 130 Å². The van der Waals surface area contributed by atoms with Crippen LogP contribution in [0.25, 0.3) is 10.9 Å². The van der Waals surface area contributed by atoms with E-state index in [1.54, 1.807) is 4.57 Å². The van der Waals surface area contributed by atoms with Crippen LogP contribution in [-0.4, -0.2) is 26.4 Å². The Hall–Kier alpha value is -1.86. The summed E-state index contributed by atoms with van der Waals surface area (Å²) in [5, 5.41) is 9.20. The standard InChI is InChI=1S/C14H14N4OS2/c1-8-9(2)18(11-6-4-3-5-10(8)11)12(19)7-20-14-17-16-13(15)21-14/h3-6H,7H2,1-2H3,(H2,15,16). The van der Waals surface area contributed by atoms with Crippen LogP contribution < -0.4 is 5.73 Å². The summed E-state index contributed by atoms with van der Waals surface area (Å²) >= 11 is 2.66. The van der Waals surface area contributed by atoms with Gasteiger partial charge in [0.1, 0.15) is 0 Å². The summed E-state index contributed by atoms with van der Waals surface area (Å²) in [6.45, 7) is 4.01. The van der Waals surface area contributed by atoms with E-state index in [-0.39, 0.29) is 5.91 Å². The number of aromatic nitrogens is 3. The Morgan fingerprint density at radius 3 is 2.81 bits per heavy atom. The molecule has 2 heterocycles. The van der Waals surface area contributed by atoms with E-state index in [1.807, 2.05) is 38.1 Å². The number of fused-ring (bicyclic) bond motifs is 1. The molecule has 0 atom stereocenters. The van der Waals surface area contributed by atoms with E-state index in [9.17, 15) is 4.79 Å². The maximum Gasteiger partial charge on any atom is 0.241 e. The first-order valence-corrected chi connectivity index (χ1v) is 8.19. The highest BCUT2D eigenvalue weighted by Crippen LogP contribution is 2.27. The lowest BCUT2D eigenvalue weighted by molar-refractivity contribution is 0.0945. The predicted molar refractivity (Wildman–Crippen MR) is 87.1 cm³/mol. The third-order valence-corrected chi connectivity index (χ3v) is 5.29. The molecule has 108 valence electrons. The van der Waals surface area contributed by atoms with E-state index in [1.165, 1.54) is 23.1 Å². The molecule has 1 aromatic carbocycles. The number of benzene rings is 1. The third-order valence-electron chi connectivity index (χ3n) is 3.42. The Balaban J connectivity index is 1.89. The molecule has 0 saturated heterocycles. The molecular formula is C14H14N4OS2. The van der Waals surface area contributed by atoms with Gasteiger partial charge >= 0.3 is 0 Å². The van der Waals surface area contributed by atoms with E-state index >= 15 is 0 Å². The van der Waals surface area contributed by atoms with Gasteiger partial charge in [0.2, 0.25) is 11.0 Å². The zero-order chi connectivity index (χ0) is 15.0. The number of hydrogen-bond acceptors (Lipinski definition) is 6. The van der Waals surface area contributed by atoms with E-state index in [0.29, 0.717) is 15.2 Å². The summed E-state index contributed by atoms with van der Waals surface area (Å²) in [6.07, 6.45) is 0. The first kappa shape index (κ1) is 14.1. The Morgan fingerprint density at radius 1 is 1.33 bits per heavy atom. The van der Waals surface area contributed by atoms with Crippen LogP contribution >= 0.6 is 23.1 Å². The SMILES string of the molecule is Cc1c(C)n(C(=O)CSc2nnc(N)s2)c2ccccc12. The zero-order valence-corrected chi connectivity index (χ0v) is 13.3. The molecule has 0 unspecified atom stereocenters. The highest BCUT2D eigenvalue weighted by Gasteiger charge is 2.16. The maximum atomic E-state index is 12.5. The minimum Gasteiger partial charge on any atom is -0.374 e. The molecule has 3 rings (SSSR count). The van der Waals surface area contributed by atoms with Gasteiger partial charge in [0.15, 0.2) is 4.34 Å². The Kier molecular flexibility index (Phi) is 3.69. The second kappa shape index (κ2) is 5.50. The molecule has 5 nitrogen and oxygen atoms in total. The number of para-hydroxylation sites is 1. The molecule has 2 aromatic heterocycles. The monoisotopic (exact) mass is 318 g/mol. The molecule has 0 spiro atoms. The summed E-state index contributed by atoms with van der Waals surface area (Å²) in [4.78, 5) is 12.5. The molecule has 0 aliphatic heterocycles. The molecule has 0 aliphatic carbocycles. The van der Waals surface area contributed by atoms with Gasteiger partial charge in [-0.15, -0.1) is 10.2 Å². The quantitative estimate of drug-likeness (QED) is 0.751. The number of rotatable bonds is 3. The molecule has 0 radical (unpaired) electrons. The van der Waals surface area contributed by atoms with Crippen molar-refractivity contribution < 1.29 is 4.79 Å². The van der Waals surface area contributed by atoms with Crippen LogP contribution in [0.1, 0.15) is 16.1 Å². The molecule has 7 heteroatoms. The lowest BCUT2D eigenvalue weighted by atomic mass is 10.2. The molecule has 21 heavy (non-hydrogen) atoms. The molecule has 2 N–H and O–H groups in total. The number of nitrogen functional groups attached to an aromatic ring is 1. The molecule has 0 bridgehead atoms. The van der Waals surface area contributed by atoms with Crippen LogP contribution in [0.15, 0.2) is 28.6 Å². The van der Waals surface area contributed by atoms with Crippen LogP contribution in [0.5, 0.6) is 0 Å². The average Bonchev–Trinajstić information content (AvgIpc) is 3.00. The van der Waals surface area contributed by atoms with Crippen molar-refractivity contribution in [3.05, 3.63) is 35.5 Å². The molecule has 0 fully saturated rings. The number of anilines is 1. The fraction of sp³-hybridized carbons (Fsp3) is 0.214. The molecule has 0 saturated carbocycles. The average molecular weight is 318 g/mol. The van der Waals surface area contributed by atoms with Crippen molar-refractivity contribution in [1.29, 1.82) is 0 Å². The van der Waals surface area contributed by atoms with E-state index in [2.05, 4.69) is 10.2 Å². The number of aryl methyl sites for hydroxylation is 1. The fourth-order valence-corrected chi connectivity index (χ4v) is 3.80. The largest absolute Gasteiger partial charge is 0.374 e. The minimum atomic E-state index is 0.0376. The van der Waals surface area contributed by atoms with E-state index < -0.39 is 0 Å². The first-order valence-electron chi connectivity index (χ1n) is 6.39. The lowest BCUT2D eigenvalue weighted by Crippen LogP contribution is -2.14. The van der Waals surface area contributed by atoms with E-state index in [4.69, 9.17) is 5.73 Å². The van der Waals surface area contributed by atoms with E-state index in [0.717, 1.165) is 22.2 Å². The van der Waals surface area contributed by atoms with Gasteiger partial charge in [-0.05, 0) is 25.5 Å². The summed E-state index contributed by atoms with van der Waals surface area (Å²) in [5.74, 6) is 0.351. The highest BCUT2D eigenvalue weighted by atomic mass is 32.2. The number of thioether (sulfide) groups is 1. The van der Waals surface area contributed by atoms with Gasteiger partial charge in [0, 0.05) is 11.1 Å². The van der Waals surface area contributed by atoms with Crippen molar-refractivity contribution >= 4 is 45.0 Å². The second-order valence-corrected chi connectivity index (χ2v) is 6.88. The summed E-state index contributed by atoms with van der Waals surface area (Å²) < 4.78 is 2.49. The van der Waals surface area contributed by atoms with Crippen LogP contribution in [0.2, 0.25) is 0 Å². The van der Waals surface area contributed by atoms with Gasteiger partial charge in [-0.1, -0.05) is 41.3 Å². The van der Waals surface area contributed by atoms with Crippen molar-refractivity contribution in [3.63, 3.8) is 0 Å². The summed E-state index contributed by atoms with van der Waals surface area (Å²) in [7, 11) is 0. The Morgan fingerprint density at radius 2 is 2.10 bits per heavy atom. The molecular weight excluding hydrogens is 304 g/mol. The molecule has 0 amide bonds. The normalized spacial score (nSPS) is 11.1. The molecule has 3 aromatic rings. The second-order valence-electron chi connectivity index (χ2n) is 4.65. The topological polar surface area (TPSA) is 73.8 Å². The molecule has 0 aliphatic rings. The van der Waals surface area contributed by atoms with Gasteiger partial charge < -0.3 is 5.73 Å². The number of hydrogen-bond donors (Lipinski definition) is 1. The van der Waals surface area contributed by atoms with Crippen molar-refractivity contribution in [2.45, 2.75) is 18.2 Å². The van der Waals surface area contributed by atoms with Gasteiger partial charge in [-0.25, -0.2) is 0 Å². The van der Waals surface area contributed by atoms with Crippen LogP contribution in [-0.2, 0) is 0 Å². The van der Waals surface area contributed by atoms with Crippen molar-refractivity contribution in [2.24, 2.45) is 0 Å². The summed E-state index contributed by atoms with van der Waals surface area (Å²) in [5.41, 5.74) is 8.62.